The van der Waals surface area contributed by atoms with Crippen LogP contribution in [-0.2, 0) is 19.1 Å². The lowest BCUT2D eigenvalue weighted by molar-refractivity contribution is -0.157. The summed E-state index contributed by atoms with van der Waals surface area (Å²) in [5.41, 5.74) is -1.29. The number of esters is 1. The van der Waals surface area contributed by atoms with Crippen molar-refractivity contribution in [2.75, 3.05) is 5.75 Å². The fourth-order valence-corrected chi connectivity index (χ4v) is 2.17. The molecule has 0 aromatic rings. The molecule has 134 valence electrons. The average Bonchev–Trinajstić information content (AvgIpc) is 2.27. The van der Waals surface area contributed by atoms with Gasteiger partial charge in [-0.2, -0.15) is 0 Å². The first-order chi connectivity index (χ1) is 10.3. The molecule has 23 heavy (non-hydrogen) atoms. The molecule has 0 aliphatic rings. The molecule has 0 aromatic carbocycles. The molecule has 0 aliphatic carbocycles. The average molecular weight is 347 g/mol. The molecule has 0 unspecified atom stereocenters. The van der Waals surface area contributed by atoms with Gasteiger partial charge in [0.15, 0.2) is 5.12 Å². The number of amides is 1. The third kappa shape index (κ3) is 12.9. The van der Waals surface area contributed by atoms with E-state index < -0.39 is 29.3 Å². The standard InChI is InChI=1S/C16H29NO5S/c1-11(18)23-10-8-9-12(13(19)21-15(2,3)4)17-14(20)22-16(5,6)7/h12H,8-10H2,1-7H3,(H,17,20)/t12-/m1/s1. The topological polar surface area (TPSA) is 81.7 Å². The lowest BCUT2D eigenvalue weighted by Gasteiger charge is -2.26. The Morgan fingerprint density at radius 1 is 1.00 bits per heavy atom. The second-order valence-electron chi connectivity index (χ2n) is 7.21. The molecule has 0 aromatic heterocycles. The number of rotatable bonds is 6. The van der Waals surface area contributed by atoms with E-state index in [1.54, 1.807) is 41.5 Å². The van der Waals surface area contributed by atoms with Gasteiger partial charge in [-0.15, -0.1) is 0 Å². The van der Waals surface area contributed by atoms with E-state index in [0.29, 0.717) is 18.6 Å². The minimum atomic E-state index is -0.795. The monoisotopic (exact) mass is 347 g/mol. The van der Waals surface area contributed by atoms with Crippen molar-refractivity contribution >= 4 is 28.9 Å². The van der Waals surface area contributed by atoms with Crippen LogP contribution in [0.3, 0.4) is 0 Å². The maximum Gasteiger partial charge on any atom is 0.408 e. The first-order valence-corrected chi connectivity index (χ1v) is 8.64. The molecule has 0 fully saturated rings. The van der Waals surface area contributed by atoms with Crippen molar-refractivity contribution in [1.29, 1.82) is 0 Å². The highest BCUT2D eigenvalue weighted by Gasteiger charge is 2.28. The summed E-state index contributed by atoms with van der Waals surface area (Å²) in [5.74, 6) is 0.0844. The SMILES string of the molecule is CC(=O)SCCC[C@@H](NC(=O)OC(C)(C)C)C(=O)OC(C)(C)C. The molecular weight excluding hydrogens is 318 g/mol. The quantitative estimate of drug-likeness (QED) is 0.586. The molecule has 7 heteroatoms. The fourth-order valence-electron chi connectivity index (χ4n) is 1.58. The largest absolute Gasteiger partial charge is 0.458 e. The lowest BCUT2D eigenvalue weighted by atomic mass is 10.1. The van der Waals surface area contributed by atoms with Gasteiger partial charge in [-0.25, -0.2) is 9.59 Å². The number of carbonyl (C=O) groups excluding carboxylic acids is 3. The van der Waals surface area contributed by atoms with Gasteiger partial charge in [-0.1, -0.05) is 11.8 Å². The van der Waals surface area contributed by atoms with Gasteiger partial charge >= 0.3 is 12.1 Å². The molecule has 6 nitrogen and oxygen atoms in total. The van der Waals surface area contributed by atoms with Crippen molar-refractivity contribution in [3.8, 4) is 0 Å². The van der Waals surface area contributed by atoms with Crippen LogP contribution in [0.25, 0.3) is 0 Å². The number of hydrogen-bond donors (Lipinski definition) is 1. The summed E-state index contributed by atoms with van der Waals surface area (Å²) in [6, 6.07) is -0.795. The first-order valence-electron chi connectivity index (χ1n) is 7.66. The number of carbonyl (C=O) groups is 3. The zero-order valence-corrected chi connectivity index (χ0v) is 16.0. The summed E-state index contributed by atoms with van der Waals surface area (Å²) in [7, 11) is 0. The zero-order chi connectivity index (χ0) is 18.3. The van der Waals surface area contributed by atoms with Gasteiger partial charge in [-0.3, -0.25) is 4.79 Å². The number of thioether (sulfide) groups is 1. The highest BCUT2D eigenvalue weighted by atomic mass is 32.2. The van der Waals surface area contributed by atoms with Crippen molar-refractivity contribution in [2.45, 2.75) is 78.6 Å². The van der Waals surface area contributed by atoms with Crippen molar-refractivity contribution in [3.63, 3.8) is 0 Å². The number of hydrogen-bond acceptors (Lipinski definition) is 6. The lowest BCUT2D eigenvalue weighted by Crippen LogP contribution is -2.46. The molecular formula is C16H29NO5S. The van der Waals surface area contributed by atoms with E-state index in [2.05, 4.69) is 5.32 Å². The van der Waals surface area contributed by atoms with Crippen LogP contribution < -0.4 is 5.32 Å². The summed E-state index contributed by atoms with van der Waals surface area (Å²) >= 11 is 1.19. The summed E-state index contributed by atoms with van der Waals surface area (Å²) in [5, 5.41) is 2.58. The van der Waals surface area contributed by atoms with Crippen LogP contribution >= 0.6 is 11.8 Å². The minimum Gasteiger partial charge on any atom is -0.458 e. The Balaban J connectivity index is 4.69. The Kier molecular flexibility index (Phi) is 8.66. The van der Waals surface area contributed by atoms with Crippen LogP contribution in [-0.4, -0.2) is 40.2 Å². The third-order valence-electron chi connectivity index (χ3n) is 2.32. The highest BCUT2D eigenvalue weighted by Crippen LogP contribution is 2.14. The minimum absolute atomic E-state index is 0.0268. The molecule has 0 spiro atoms. The second kappa shape index (κ2) is 9.15. The van der Waals surface area contributed by atoms with Crippen LogP contribution in [0.1, 0.15) is 61.3 Å². The molecule has 1 N–H and O–H groups in total. The maximum atomic E-state index is 12.2. The van der Waals surface area contributed by atoms with Crippen LogP contribution in [0, 0.1) is 0 Å². The van der Waals surface area contributed by atoms with E-state index in [0.717, 1.165) is 0 Å². The summed E-state index contributed by atoms with van der Waals surface area (Å²) < 4.78 is 10.5. The molecule has 0 saturated carbocycles. The molecule has 0 rings (SSSR count). The third-order valence-corrected chi connectivity index (χ3v) is 3.22. The van der Waals surface area contributed by atoms with Crippen LogP contribution in [0.15, 0.2) is 0 Å². The van der Waals surface area contributed by atoms with Gasteiger partial charge in [-0.05, 0) is 54.4 Å². The van der Waals surface area contributed by atoms with Crippen LogP contribution in [0.5, 0.6) is 0 Å². The van der Waals surface area contributed by atoms with Crippen LogP contribution in [0.4, 0.5) is 4.79 Å². The van der Waals surface area contributed by atoms with Crippen molar-refractivity contribution in [2.24, 2.45) is 0 Å². The molecule has 0 saturated heterocycles. The molecule has 1 atom stereocenters. The summed E-state index contributed by atoms with van der Waals surface area (Å²) in [6.07, 6.45) is 0.325. The Morgan fingerprint density at radius 2 is 1.52 bits per heavy atom. The van der Waals surface area contributed by atoms with E-state index >= 15 is 0 Å². The van der Waals surface area contributed by atoms with Crippen LogP contribution in [0.2, 0.25) is 0 Å². The Morgan fingerprint density at radius 3 is 1.96 bits per heavy atom. The van der Waals surface area contributed by atoms with E-state index in [4.69, 9.17) is 9.47 Å². The Bertz CT molecular complexity index is 423. The van der Waals surface area contributed by atoms with E-state index in [1.165, 1.54) is 18.7 Å². The van der Waals surface area contributed by atoms with Gasteiger partial charge in [0.1, 0.15) is 17.2 Å². The van der Waals surface area contributed by atoms with Gasteiger partial charge < -0.3 is 14.8 Å². The van der Waals surface area contributed by atoms with Crippen molar-refractivity contribution in [1.82, 2.24) is 5.32 Å². The van der Waals surface area contributed by atoms with Crippen molar-refractivity contribution < 1.29 is 23.9 Å². The molecule has 0 aliphatic heterocycles. The van der Waals surface area contributed by atoms with Gasteiger partial charge in [0, 0.05) is 12.7 Å². The highest BCUT2D eigenvalue weighted by molar-refractivity contribution is 8.13. The van der Waals surface area contributed by atoms with Gasteiger partial charge in [0.05, 0.1) is 0 Å². The van der Waals surface area contributed by atoms with Gasteiger partial charge in [0.2, 0.25) is 0 Å². The van der Waals surface area contributed by atoms with Gasteiger partial charge in [0.25, 0.3) is 0 Å². The molecule has 0 heterocycles. The maximum absolute atomic E-state index is 12.2. The first kappa shape index (κ1) is 21.8. The second-order valence-corrected chi connectivity index (χ2v) is 8.49. The van der Waals surface area contributed by atoms with E-state index in [9.17, 15) is 14.4 Å². The normalized spacial score (nSPS) is 13.2. The number of ether oxygens (including phenoxy) is 2. The number of nitrogens with one attached hydrogen (secondary N) is 1. The summed E-state index contributed by atoms with van der Waals surface area (Å²) in [4.78, 5) is 35.0. The van der Waals surface area contributed by atoms with E-state index in [1.807, 2.05) is 0 Å². The summed E-state index contributed by atoms with van der Waals surface area (Å²) in [6.45, 7) is 12.0. The Labute approximate surface area is 143 Å². The number of alkyl carbamates (subject to hydrolysis) is 1. The molecule has 1 amide bonds. The predicted molar refractivity (Wildman–Crippen MR) is 91.4 cm³/mol. The smallest absolute Gasteiger partial charge is 0.408 e. The molecule has 0 bridgehead atoms. The molecule has 0 radical (unpaired) electrons. The fraction of sp³-hybridized carbons (Fsp3) is 0.812. The van der Waals surface area contributed by atoms with E-state index in [-0.39, 0.29) is 5.12 Å². The zero-order valence-electron chi connectivity index (χ0n) is 15.1. The predicted octanol–water partition coefficient (Wildman–Crippen LogP) is 3.28. The van der Waals surface area contributed by atoms with Crippen molar-refractivity contribution in [3.05, 3.63) is 0 Å². The Hall–Kier alpha value is -1.24.